The van der Waals surface area contributed by atoms with Crippen LogP contribution in [0, 0.1) is 10.1 Å². The molecule has 2 aromatic heterocycles. The molecule has 1 aromatic carbocycles. The average Bonchev–Trinajstić information content (AvgIpc) is 3.11. The largest absolute Gasteiger partial charge is 0.338 e. The molecule has 8 heteroatoms. The van der Waals surface area contributed by atoms with Crippen LogP contribution in [0.5, 0.6) is 0 Å². The molecule has 8 nitrogen and oxygen atoms in total. The van der Waals surface area contributed by atoms with Gasteiger partial charge in [0.1, 0.15) is 11.4 Å². The van der Waals surface area contributed by atoms with Crippen LogP contribution < -0.4 is 0 Å². The van der Waals surface area contributed by atoms with Gasteiger partial charge in [0, 0.05) is 31.3 Å². The molecule has 1 aliphatic rings. The number of amides is 1. The van der Waals surface area contributed by atoms with Gasteiger partial charge >= 0.3 is 0 Å². The predicted octanol–water partition coefficient (Wildman–Crippen LogP) is 2.66. The van der Waals surface area contributed by atoms with E-state index in [0.29, 0.717) is 13.1 Å². The van der Waals surface area contributed by atoms with Crippen LogP contribution in [0.1, 0.15) is 34.9 Å². The topological polar surface area (TPSA) is 93.6 Å². The minimum atomic E-state index is -0.512. The van der Waals surface area contributed by atoms with Gasteiger partial charge in [0.25, 0.3) is 11.6 Å². The Labute approximate surface area is 149 Å². The fourth-order valence-electron chi connectivity index (χ4n) is 3.46. The van der Waals surface area contributed by atoms with Crippen molar-refractivity contribution in [3.63, 3.8) is 0 Å². The number of nitro benzene ring substituents is 1. The summed E-state index contributed by atoms with van der Waals surface area (Å²) < 4.78 is 1.98. The van der Waals surface area contributed by atoms with E-state index in [2.05, 4.69) is 10.2 Å². The number of para-hydroxylation sites is 1. The Kier molecular flexibility index (Phi) is 4.08. The second kappa shape index (κ2) is 6.55. The van der Waals surface area contributed by atoms with Crippen molar-refractivity contribution in [1.29, 1.82) is 0 Å². The van der Waals surface area contributed by atoms with E-state index in [4.69, 9.17) is 0 Å². The molecule has 0 aliphatic carbocycles. The van der Waals surface area contributed by atoms with Crippen LogP contribution in [0.4, 0.5) is 5.69 Å². The molecule has 3 heterocycles. The number of likely N-dealkylation sites (tertiary alicyclic amines) is 1. The number of hydrogen-bond acceptors (Lipinski definition) is 5. The maximum atomic E-state index is 12.7. The zero-order chi connectivity index (χ0) is 18.1. The van der Waals surface area contributed by atoms with Gasteiger partial charge in [-0.15, -0.1) is 10.2 Å². The molecule has 1 amide bonds. The molecule has 1 saturated heterocycles. The Morgan fingerprint density at radius 2 is 1.81 bits per heavy atom. The zero-order valence-corrected chi connectivity index (χ0v) is 14.0. The molecule has 1 aliphatic heterocycles. The highest BCUT2D eigenvalue weighted by Gasteiger charge is 2.30. The normalized spacial score (nSPS) is 15.3. The molecule has 0 unspecified atom stereocenters. The van der Waals surface area contributed by atoms with E-state index in [1.165, 1.54) is 12.1 Å². The molecule has 26 heavy (non-hydrogen) atoms. The summed E-state index contributed by atoms with van der Waals surface area (Å²) in [5.41, 5.74) is 0.799. The molecule has 4 rings (SSSR count). The number of carbonyl (C=O) groups excluding carboxylic acids is 1. The number of rotatable bonds is 3. The molecule has 132 valence electrons. The first-order chi connectivity index (χ1) is 12.6. The second-order valence-corrected chi connectivity index (χ2v) is 6.33. The van der Waals surface area contributed by atoms with E-state index in [0.717, 1.165) is 24.3 Å². The summed E-state index contributed by atoms with van der Waals surface area (Å²) in [5, 5.41) is 19.6. The van der Waals surface area contributed by atoms with E-state index in [1.807, 2.05) is 28.8 Å². The van der Waals surface area contributed by atoms with Crippen LogP contribution in [0.15, 0.2) is 48.7 Å². The standard InChI is InChI=1S/C18H17N5O3/c24-18(14-5-1-2-6-15(14)23(25)26)21-11-8-13(9-12-21)17-20-19-16-7-3-4-10-22(16)17/h1-7,10,13H,8-9,11-12H2. The first kappa shape index (κ1) is 16.2. The highest BCUT2D eigenvalue weighted by atomic mass is 16.6. The minimum Gasteiger partial charge on any atom is -0.338 e. The summed E-state index contributed by atoms with van der Waals surface area (Å²) in [7, 11) is 0. The molecule has 0 radical (unpaired) electrons. The number of fused-ring (bicyclic) bond motifs is 1. The smallest absolute Gasteiger partial charge is 0.282 e. The molecule has 0 atom stereocenters. The number of pyridine rings is 1. The third kappa shape index (κ3) is 2.79. The first-order valence-electron chi connectivity index (χ1n) is 8.47. The van der Waals surface area contributed by atoms with Crippen LogP contribution in [0.3, 0.4) is 0 Å². The van der Waals surface area contributed by atoms with Crippen molar-refractivity contribution >= 4 is 17.2 Å². The Balaban J connectivity index is 1.50. The average molecular weight is 351 g/mol. The predicted molar refractivity (Wildman–Crippen MR) is 94.0 cm³/mol. The lowest BCUT2D eigenvalue weighted by Gasteiger charge is -2.31. The quantitative estimate of drug-likeness (QED) is 0.534. The minimum absolute atomic E-state index is 0.142. The number of nitrogens with zero attached hydrogens (tertiary/aromatic N) is 5. The number of nitro groups is 1. The van der Waals surface area contributed by atoms with Crippen molar-refractivity contribution in [1.82, 2.24) is 19.5 Å². The third-order valence-electron chi connectivity index (χ3n) is 4.82. The Bertz CT molecular complexity index is 976. The van der Waals surface area contributed by atoms with Crippen LogP contribution in [-0.2, 0) is 0 Å². The van der Waals surface area contributed by atoms with E-state index in [-0.39, 0.29) is 23.1 Å². The number of piperidine rings is 1. The van der Waals surface area contributed by atoms with Gasteiger partial charge in [-0.3, -0.25) is 19.3 Å². The molecule has 0 bridgehead atoms. The fourth-order valence-corrected chi connectivity index (χ4v) is 3.46. The van der Waals surface area contributed by atoms with Gasteiger partial charge in [-0.25, -0.2) is 0 Å². The molecule has 0 N–H and O–H groups in total. The summed E-state index contributed by atoms with van der Waals surface area (Å²) in [6.45, 7) is 1.08. The summed E-state index contributed by atoms with van der Waals surface area (Å²) >= 11 is 0. The van der Waals surface area contributed by atoms with E-state index in [9.17, 15) is 14.9 Å². The van der Waals surface area contributed by atoms with Crippen molar-refractivity contribution in [3.05, 3.63) is 70.2 Å². The van der Waals surface area contributed by atoms with Crippen LogP contribution in [0.2, 0.25) is 0 Å². The molecule has 0 saturated carbocycles. The van der Waals surface area contributed by atoms with E-state index >= 15 is 0 Å². The Morgan fingerprint density at radius 3 is 2.58 bits per heavy atom. The van der Waals surface area contributed by atoms with Crippen molar-refractivity contribution in [2.24, 2.45) is 0 Å². The number of aromatic nitrogens is 3. The van der Waals surface area contributed by atoms with Crippen molar-refractivity contribution < 1.29 is 9.72 Å². The molecule has 3 aromatic rings. The lowest BCUT2D eigenvalue weighted by atomic mass is 9.95. The van der Waals surface area contributed by atoms with Crippen LogP contribution >= 0.6 is 0 Å². The number of hydrogen-bond donors (Lipinski definition) is 0. The molecule has 1 fully saturated rings. The monoisotopic (exact) mass is 351 g/mol. The second-order valence-electron chi connectivity index (χ2n) is 6.33. The highest BCUT2D eigenvalue weighted by molar-refractivity contribution is 5.98. The van der Waals surface area contributed by atoms with Gasteiger partial charge < -0.3 is 4.90 Å². The van der Waals surface area contributed by atoms with E-state index < -0.39 is 4.92 Å². The summed E-state index contributed by atoms with van der Waals surface area (Å²) in [6.07, 6.45) is 3.44. The summed E-state index contributed by atoms with van der Waals surface area (Å²) in [6, 6.07) is 11.9. The lowest BCUT2D eigenvalue weighted by Crippen LogP contribution is -2.38. The van der Waals surface area contributed by atoms with Crippen molar-refractivity contribution in [3.8, 4) is 0 Å². The maximum Gasteiger partial charge on any atom is 0.282 e. The summed E-state index contributed by atoms with van der Waals surface area (Å²) in [5.74, 6) is 0.822. The highest BCUT2D eigenvalue weighted by Crippen LogP contribution is 2.29. The van der Waals surface area contributed by atoms with Gasteiger partial charge in [-0.05, 0) is 31.0 Å². The molecular weight excluding hydrogens is 334 g/mol. The zero-order valence-electron chi connectivity index (χ0n) is 14.0. The maximum absolute atomic E-state index is 12.7. The number of carbonyl (C=O) groups is 1. The fraction of sp³-hybridized carbons (Fsp3) is 0.278. The first-order valence-corrected chi connectivity index (χ1v) is 8.47. The van der Waals surface area contributed by atoms with Gasteiger partial charge in [0.05, 0.1) is 4.92 Å². The Morgan fingerprint density at radius 1 is 1.08 bits per heavy atom. The van der Waals surface area contributed by atoms with Crippen LogP contribution in [-0.4, -0.2) is 43.4 Å². The lowest BCUT2D eigenvalue weighted by molar-refractivity contribution is -0.385. The SMILES string of the molecule is O=C(c1ccccc1[N+](=O)[O-])N1CCC(c2nnc3ccccn23)CC1. The summed E-state index contributed by atoms with van der Waals surface area (Å²) in [4.78, 5) is 25.0. The van der Waals surface area contributed by atoms with Crippen molar-refractivity contribution in [2.75, 3.05) is 13.1 Å². The third-order valence-corrected chi connectivity index (χ3v) is 4.82. The Hall–Kier alpha value is -3.29. The molecular formula is C18H17N5O3. The van der Waals surface area contributed by atoms with E-state index in [1.54, 1.807) is 17.0 Å². The van der Waals surface area contributed by atoms with Gasteiger partial charge in [-0.1, -0.05) is 18.2 Å². The van der Waals surface area contributed by atoms with Gasteiger partial charge in [-0.2, -0.15) is 0 Å². The number of benzene rings is 1. The molecule has 0 spiro atoms. The van der Waals surface area contributed by atoms with Crippen molar-refractivity contribution in [2.45, 2.75) is 18.8 Å². The van der Waals surface area contributed by atoms with Gasteiger partial charge in [0.15, 0.2) is 5.65 Å². The van der Waals surface area contributed by atoms with Gasteiger partial charge in [0.2, 0.25) is 0 Å². The van der Waals surface area contributed by atoms with Crippen LogP contribution in [0.25, 0.3) is 5.65 Å².